The lowest BCUT2D eigenvalue weighted by Crippen LogP contribution is -2.45. The Labute approximate surface area is 174 Å². The first kappa shape index (κ1) is 21.0. The molecule has 2 aromatic rings. The second-order valence-corrected chi connectivity index (χ2v) is 7.17. The summed E-state index contributed by atoms with van der Waals surface area (Å²) < 4.78 is 0. The zero-order valence-corrected chi connectivity index (χ0v) is 16.9. The molecule has 156 valence electrons. The molecule has 1 fully saturated rings. The number of amides is 4. The number of anilines is 3. The number of hydrogen-bond acceptors (Lipinski definition) is 4. The predicted molar refractivity (Wildman–Crippen MR) is 115 cm³/mol. The lowest BCUT2D eigenvalue weighted by molar-refractivity contribution is -0.119. The van der Waals surface area contributed by atoms with E-state index >= 15 is 0 Å². The lowest BCUT2D eigenvalue weighted by atomic mass is 10.1. The maximum absolute atomic E-state index is 12.7. The molecule has 0 saturated carbocycles. The number of ketones is 1. The highest BCUT2D eigenvalue weighted by Crippen LogP contribution is 2.22. The van der Waals surface area contributed by atoms with Gasteiger partial charge in [-0.3, -0.25) is 14.4 Å². The van der Waals surface area contributed by atoms with Crippen molar-refractivity contribution in [2.75, 3.05) is 22.5 Å². The van der Waals surface area contributed by atoms with Crippen molar-refractivity contribution in [2.45, 2.75) is 32.7 Å². The molecule has 1 saturated heterocycles. The summed E-state index contributed by atoms with van der Waals surface area (Å²) in [6.45, 7) is 3.36. The first-order chi connectivity index (χ1) is 14.3. The van der Waals surface area contributed by atoms with Crippen molar-refractivity contribution in [3.63, 3.8) is 0 Å². The smallest absolute Gasteiger partial charge is 0.322 e. The number of urea groups is 1. The van der Waals surface area contributed by atoms with Crippen molar-refractivity contribution in [1.82, 2.24) is 4.90 Å². The minimum Gasteiger partial charge on any atom is -0.326 e. The van der Waals surface area contributed by atoms with E-state index in [0.717, 1.165) is 6.42 Å². The quantitative estimate of drug-likeness (QED) is 0.658. The third-order valence-electron chi connectivity index (χ3n) is 4.81. The van der Waals surface area contributed by atoms with Gasteiger partial charge in [-0.05, 0) is 56.2 Å². The average molecular weight is 408 g/mol. The van der Waals surface area contributed by atoms with Crippen molar-refractivity contribution in [1.29, 1.82) is 0 Å². The van der Waals surface area contributed by atoms with E-state index in [1.807, 2.05) is 0 Å². The number of carbonyl (C=O) groups is 4. The monoisotopic (exact) mass is 408 g/mol. The SMILES string of the molecule is CC(=O)Nc1ccc(NC(=O)C2CCCN2C(=O)Nc2cccc(C(C)=O)c2)cc1. The van der Waals surface area contributed by atoms with Gasteiger partial charge in [-0.2, -0.15) is 0 Å². The van der Waals surface area contributed by atoms with E-state index in [1.54, 1.807) is 48.5 Å². The van der Waals surface area contributed by atoms with Gasteiger partial charge in [0.05, 0.1) is 0 Å². The number of nitrogens with one attached hydrogen (secondary N) is 3. The Morgan fingerprint density at radius 2 is 1.53 bits per heavy atom. The molecule has 0 aromatic heterocycles. The number of nitrogens with zero attached hydrogens (tertiary/aromatic N) is 1. The fourth-order valence-electron chi connectivity index (χ4n) is 3.36. The molecule has 30 heavy (non-hydrogen) atoms. The standard InChI is InChI=1S/C22H24N4O4/c1-14(27)16-5-3-6-19(13-16)25-22(30)26-12-4-7-20(26)21(29)24-18-10-8-17(9-11-18)23-15(2)28/h3,5-6,8-11,13,20H,4,7,12H2,1-2H3,(H,23,28)(H,24,29)(H,25,30). The molecule has 1 heterocycles. The topological polar surface area (TPSA) is 108 Å². The molecule has 1 unspecified atom stereocenters. The highest BCUT2D eigenvalue weighted by Gasteiger charge is 2.34. The van der Waals surface area contributed by atoms with Gasteiger partial charge in [0.1, 0.15) is 6.04 Å². The van der Waals surface area contributed by atoms with Crippen LogP contribution in [0.3, 0.4) is 0 Å². The highest BCUT2D eigenvalue weighted by atomic mass is 16.2. The van der Waals surface area contributed by atoms with Gasteiger partial charge in [0.15, 0.2) is 5.78 Å². The van der Waals surface area contributed by atoms with Gasteiger partial charge < -0.3 is 20.9 Å². The van der Waals surface area contributed by atoms with Crippen LogP contribution in [0, 0.1) is 0 Å². The summed E-state index contributed by atoms with van der Waals surface area (Å²) >= 11 is 0. The molecule has 3 N–H and O–H groups in total. The van der Waals surface area contributed by atoms with Crippen LogP contribution in [-0.4, -0.2) is 41.1 Å². The van der Waals surface area contributed by atoms with Crippen molar-refractivity contribution in [3.05, 3.63) is 54.1 Å². The van der Waals surface area contributed by atoms with Crippen LogP contribution < -0.4 is 16.0 Å². The second kappa shape index (κ2) is 9.21. The Kier molecular flexibility index (Phi) is 6.46. The number of Topliss-reactive ketones (excluding diaryl/α,β-unsaturated/α-hetero) is 1. The van der Waals surface area contributed by atoms with Crippen LogP contribution in [0.15, 0.2) is 48.5 Å². The lowest BCUT2D eigenvalue weighted by Gasteiger charge is -2.24. The zero-order chi connectivity index (χ0) is 21.7. The first-order valence-electron chi connectivity index (χ1n) is 9.70. The minimum absolute atomic E-state index is 0.0888. The summed E-state index contributed by atoms with van der Waals surface area (Å²) in [5.74, 6) is -0.533. The number of rotatable bonds is 5. The van der Waals surface area contributed by atoms with Crippen molar-refractivity contribution < 1.29 is 19.2 Å². The molecular weight excluding hydrogens is 384 g/mol. The van der Waals surface area contributed by atoms with Crippen LogP contribution in [0.2, 0.25) is 0 Å². The first-order valence-corrected chi connectivity index (χ1v) is 9.70. The number of benzene rings is 2. The molecule has 8 heteroatoms. The molecule has 0 radical (unpaired) electrons. The van der Waals surface area contributed by atoms with Crippen LogP contribution in [0.4, 0.5) is 21.9 Å². The minimum atomic E-state index is -0.587. The van der Waals surface area contributed by atoms with Crippen LogP contribution in [0.25, 0.3) is 0 Å². The average Bonchev–Trinajstić information content (AvgIpc) is 3.19. The third-order valence-corrected chi connectivity index (χ3v) is 4.81. The Balaban J connectivity index is 1.63. The van der Waals surface area contributed by atoms with E-state index in [-0.39, 0.29) is 23.6 Å². The fraction of sp³-hybridized carbons (Fsp3) is 0.273. The summed E-state index contributed by atoms with van der Waals surface area (Å²) in [6.07, 6.45) is 1.29. The van der Waals surface area contributed by atoms with Crippen LogP contribution in [0.5, 0.6) is 0 Å². The summed E-state index contributed by atoms with van der Waals surface area (Å²) in [5.41, 5.74) is 2.23. The summed E-state index contributed by atoms with van der Waals surface area (Å²) in [4.78, 5) is 49.6. The van der Waals surface area contributed by atoms with E-state index < -0.39 is 6.04 Å². The maximum atomic E-state index is 12.7. The third kappa shape index (κ3) is 5.22. The van der Waals surface area contributed by atoms with E-state index in [1.165, 1.54) is 18.7 Å². The van der Waals surface area contributed by atoms with Crippen molar-refractivity contribution >= 4 is 40.7 Å². The number of hydrogen-bond donors (Lipinski definition) is 3. The fourth-order valence-corrected chi connectivity index (χ4v) is 3.36. The van der Waals surface area contributed by atoms with E-state index in [0.29, 0.717) is 35.6 Å². The van der Waals surface area contributed by atoms with Crippen molar-refractivity contribution in [2.24, 2.45) is 0 Å². The van der Waals surface area contributed by atoms with Gasteiger partial charge in [0, 0.05) is 36.1 Å². The van der Waals surface area contributed by atoms with Gasteiger partial charge in [-0.1, -0.05) is 12.1 Å². The van der Waals surface area contributed by atoms with E-state index in [9.17, 15) is 19.2 Å². The summed E-state index contributed by atoms with van der Waals surface area (Å²) in [7, 11) is 0. The van der Waals surface area contributed by atoms with Crippen LogP contribution in [0.1, 0.15) is 37.0 Å². The summed E-state index contributed by atoms with van der Waals surface area (Å²) in [5, 5.41) is 8.25. The molecule has 4 amide bonds. The Hall–Kier alpha value is -3.68. The largest absolute Gasteiger partial charge is 0.326 e. The zero-order valence-electron chi connectivity index (χ0n) is 16.9. The molecule has 1 aliphatic rings. The number of likely N-dealkylation sites (tertiary alicyclic amines) is 1. The predicted octanol–water partition coefficient (Wildman–Crippen LogP) is 3.48. The molecule has 0 aliphatic carbocycles. The Morgan fingerprint density at radius 1 is 0.867 bits per heavy atom. The second-order valence-electron chi connectivity index (χ2n) is 7.17. The van der Waals surface area contributed by atoms with Crippen molar-refractivity contribution in [3.8, 4) is 0 Å². The molecule has 0 bridgehead atoms. The Morgan fingerprint density at radius 3 is 2.17 bits per heavy atom. The molecule has 0 spiro atoms. The van der Waals surface area contributed by atoms with Gasteiger partial charge in [0.2, 0.25) is 11.8 Å². The highest BCUT2D eigenvalue weighted by molar-refractivity contribution is 6.00. The van der Waals surface area contributed by atoms with Gasteiger partial charge >= 0.3 is 6.03 Å². The van der Waals surface area contributed by atoms with E-state index in [2.05, 4.69) is 16.0 Å². The molecule has 1 atom stereocenters. The molecule has 2 aromatic carbocycles. The maximum Gasteiger partial charge on any atom is 0.322 e. The number of carbonyl (C=O) groups excluding carboxylic acids is 4. The van der Waals surface area contributed by atoms with Gasteiger partial charge in [-0.25, -0.2) is 4.79 Å². The summed E-state index contributed by atoms with van der Waals surface area (Å²) in [6, 6.07) is 12.5. The van der Waals surface area contributed by atoms with Gasteiger partial charge in [0.25, 0.3) is 0 Å². The van der Waals surface area contributed by atoms with E-state index in [4.69, 9.17) is 0 Å². The molecule has 3 rings (SSSR count). The molecule has 8 nitrogen and oxygen atoms in total. The molecular formula is C22H24N4O4. The van der Waals surface area contributed by atoms with Crippen LogP contribution >= 0.6 is 0 Å². The molecule has 1 aliphatic heterocycles. The normalized spacial score (nSPS) is 15.4. The Bertz CT molecular complexity index is 971. The van der Waals surface area contributed by atoms with Crippen LogP contribution in [-0.2, 0) is 9.59 Å². The van der Waals surface area contributed by atoms with Gasteiger partial charge in [-0.15, -0.1) is 0 Å².